The number of anilines is 1. The number of Topliss-reactive ketones (excluding diaryl/α,β-unsaturated/α-hetero) is 1. The first kappa shape index (κ1) is 13.5. The van der Waals surface area contributed by atoms with Crippen LogP contribution in [0.2, 0.25) is 0 Å². The number of nitrogens with zero attached hydrogens (tertiary/aromatic N) is 1. The van der Waals surface area contributed by atoms with E-state index in [9.17, 15) is 4.79 Å². The normalized spacial score (nSPS) is 10.8. The number of carbonyl (C=O) groups excluding carboxylic acids is 1. The number of nitrogen functional groups attached to an aromatic ring is 1. The van der Waals surface area contributed by atoms with Crippen LogP contribution in [0.5, 0.6) is 0 Å². The van der Waals surface area contributed by atoms with Gasteiger partial charge >= 0.3 is 0 Å². The molecule has 0 spiro atoms. The zero-order valence-electron chi connectivity index (χ0n) is 9.24. The summed E-state index contributed by atoms with van der Waals surface area (Å²) in [4.78, 5) is 12.0. The van der Waals surface area contributed by atoms with E-state index in [1.165, 1.54) is 6.26 Å². The second-order valence-electron chi connectivity index (χ2n) is 3.16. The van der Waals surface area contributed by atoms with Gasteiger partial charge in [0.25, 0.3) is 0 Å². The van der Waals surface area contributed by atoms with Crippen molar-refractivity contribution in [3.05, 3.63) is 39.2 Å². The Hall–Kier alpha value is -1.55. The lowest BCUT2D eigenvalue weighted by Crippen LogP contribution is -2.07. The molecule has 17 heavy (non-hydrogen) atoms. The Morgan fingerprint density at radius 1 is 1.65 bits per heavy atom. The van der Waals surface area contributed by atoms with Crippen LogP contribution in [0.25, 0.3) is 0 Å². The van der Waals surface area contributed by atoms with E-state index >= 15 is 0 Å². The smallest absolute Gasteiger partial charge is 0.208 e. The van der Waals surface area contributed by atoms with Gasteiger partial charge in [0.1, 0.15) is 17.9 Å². The summed E-state index contributed by atoms with van der Waals surface area (Å²) in [5.74, 6) is -0.419. The van der Waals surface area contributed by atoms with Crippen LogP contribution in [0, 0.1) is 14.9 Å². The van der Waals surface area contributed by atoms with Gasteiger partial charge in [-0.2, -0.15) is 5.26 Å². The molecule has 0 radical (unpaired) electrons. The molecule has 1 aromatic carbocycles. The predicted octanol–water partition coefficient (Wildman–Crippen LogP) is 2.50. The molecular formula is C12H11IN2O2. The van der Waals surface area contributed by atoms with Crippen LogP contribution in [0.4, 0.5) is 5.69 Å². The average Bonchev–Trinajstić information content (AvgIpc) is 2.33. The van der Waals surface area contributed by atoms with Gasteiger partial charge in [-0.05, 0) is 47.7 Å². The monoisotopic (exact) mass is 342 g/mol. The molecule has 88 valence electrons. The minimum absolute atomic E-state index is 0.0550. The fourth-order valence-electron chi connectivity index (χ4n) is 1.17. The van der Waals surface area contributed by atoms with E-state index in [1.807, 2.05) is 6.07 Å². The molecule has 4 nitrogen and oxygen atoms in total. The highest BCUT2D eigenvalue weighted by Crippen LogP contribution is 2.19. The maximum atomic E-state index is 12.0. The molecule has 0 saturated heterocycles. The molecule has 2 N–H and O–H groups in total. The topological polar surface area (TPSA) is 76.1 Å². The number of halogens is 1. The number of nitriles is 1. The summed E-state index contributed by atoms with van der Waals surface area (Å²) < 4.78 is 5.83. The Morgan fingerprint density at radius 3 is 2.94 bits per heavy atom. The van der Waals surface area contributed by atoms with Crippen LogP contribution in [0.1, 0.15) is 17.3 Å². The first-order valence-electron chi connectivity index (χ1n) is 4.91. The third kappa shape index (κ3) is 3.46. The molecule has 0 aliphatic heterocycles. The number of rotatable bonds is 4. The van der Waals surface area contributed by atoms with Crippen molar-refractivity contribution < 1.29 is 9.53 Å². The van der Waals surface area contributed by atoms with Crippen LogP contribution >= 0.6 is 22.6 Å². The standard InChI is InChI=1S/C12H11IN2O2/c1-2-17-7-8(6-14)12(16)10-5-9(13)3-4-11(10)15/h3-5,7H,2,15H2,1H3. The molecule has 0 aliphatic carbocycles. The van der Waals surface area contributed by atoms with Crippen molar-refractivity contribution >= 4 is 34.1 Å². The first-order chi connectivity index (χ1) is 8.10. The van der Waals surface area contributed by atoms with Gasteiger partial charge in [-0.3, -0.25) is 4.79 Å². The van der Waals surface area contributed by atoms with Crippen molar-refractivity contribution in [2.45, 2.75) is 6.92 Å². The van der Waals surface area contributed by atoms with E-state index in [0.29, 0.717) is 17.9 Å². The number of ketones is 1. The van der Waals surface area contributed by atoms with Gasteiger partial charge < -0.3 is 10.5 Å². The minimum Gasteiger partial charge on any atom is -0.500 e. The molecule has 0 saturated carbocycles. The Kier molecular flexibility index (Phi) is 4.97. The lowest BCUT2D eigenvalue weighted by atomic mass is 10.0. The molecule has 0 heterocycles. The fraction of sp³-hybridized carbons (Fsp3) is 0.167. The van der Waals surface area contributed by atoms with E-state index in [1.54, 1.807) is 25.1 Å². The SMILES string of the molecule is CCOC=C(C#N)C(=O)c1cc(I)ccc1N. The van der Waals surface area contributed by atoms with E-state index < -0.39 is 5.78 Å². The van der Waals surface area contributed by atoms with E-state index in [4.69, 9.17) is 15.7 Å². The molecule has 0 amide bonds. The van der Waals surface area contributed by atoms with Gasteiger partial charge in [0.15, 0.2) is 0 Å². The third-order valence-electron chi connectivity index (χ3n) is 1.99. The lowest BCUT2D eigenvalue weighted by Gasteiger charge is -2.04. The van der Waals surface area contributed by atoms with E-state index in [-0.39, 0.29) is 5.57 Å². The van der Waals surface area contributed by atoms with Crippen LogP contribution < -0.4 is 5.73 Å². The quantitative estimate of drug-likeness (QED) is 0.228. The third-order valence-corrected chi connectivity index (χ3v) is 2.66. The van der Waals surface area contributed by atoms with Crippen molar-refractivity contribution in [1.29, 1.82) is 5.26 Å². The molecule has 0 aromatic heterocycles. The zero-order valence-corrected chi connectivity index (χ0v) is 11.4. The van der Waals surface area contributed by atoms with Gasteiger partial charge in [-0.1, -0.05) is 0 Å². The van der Waals surface area contributed by atoms with Gasteiger partial charge in [0.05, 0.1) is 6.61 Å². The molecule has 0 fully saturated rings. The van der Waals surface area contributed by atoms with Crippen molar-refractivity contribution in [1.82, 2.24) is 0 Å². The van der Waals surface area contributed by atoms with Crippen LogP contribution in [-0.4, -0.2) is 12.4 Å². The molecule has 0 unspecified atom stereocenters. The number of ether oxygens (including phenoxy) is 1. The highest BCUT2D eigenvalue weighted by atomic mass is 127. The number of hydrogen-bond donors (Lipinski definition) is 1. The van der Waals surface area contributed by atoms with Crippen LogP contribution in [0.3, 0.4) is 0 Å². The van der Waals surface area contributed by atoms with E-state index in [2.05, 4.69) is 22.6 Å². The average molecular weight is 342 g/mol. The maximum absolute atomic E-state index is 12.0. The molecule has 1 rings (SSSR count). The number of nitrogens with two attached hydrogens (primary N) is 1. The lowest BCUT2D eigenvalue weighted by molar-refractivity contribution is 0.103. The van der Waals surface area contributed by atoms with Crippen molar-refractivity contribution in [2.24, 2.45) is 0 Å². The Balaban J connectivity index is 3.11. The molecular weight excluding hydrogens is 331 g/mol. The molecule has 1 aromatic rings. The molecule has 5 heteroatoms. The molecule has 0 atom stereocenters. The number of hydrogen-bond acceptors (Lipinski definition) is 4. The van der Waals surface area contributed by atoms with Gasteiger partial charge in [-0.25, -0.2) is 0 Å². The Morgan fingerprint density at radius 2 is 2.35 bits per heavy atom. The number of carbonyl (C=O) groups is 1. The van der Waals surface area contributed by atoms with Crippen LogP contribution in [-0.2, 0) is 4.74 Å². The highest BCUT2D eigenvalue weighted by molar-refractivity contribution is 14.1. The number of benzene rings is 1. The largest absolute Gasteiger partial charge is 0.500 e. The predicted molar refractivity (Wildman–Crippen MR) is 73.2 cm³/mol. The second-order valence-corrected chi connectivity index (χ2v) is 4.41. The van der Waals surface area contributed by atoms with Crippen molar-refractivity contribution in [3.8, 4) is 6.07 Å². The minimum atomic E-state index is -0.419. The van der Waals surface area contributed by atoms with Gasteiger partial charge in [-0.15, -0.1) is 0 Å². The summed E-state index contributed by atoms with van der Waals surface area (Å²) in [7, 11) is 0. The fourth-order valence-corrected chi connectivity index (χ4v) is 1.66. The highest BCUT2D eigenvalue weighted by Gasteiger charge is 2.15. The van der Waals surface area contributed by atoms with Crippen molar-refractivity contribution in [2.75, 3.05) is 12.3 Å². The Bertz CT molecular complexity index is 504. The zero-order chi connectivity index (χ0) is 12.8. The summed E-state index contributed by atoms with van der Waals surface area (Å²) in [5, 5.41) is 8.88. The summed E-state index contributed by atoms with van der Waals surface area (Å²) in [6.45, 7) is 2.18. The second kappa shape index (κ2) is 6.25. The summed E-state index contributed by atoms with van der Waals surface area (Å²) in [5.41, 5.74) is 6.33. The summed E-state index contributed by atoms with van der Waals surface area (Å²) in [6, 6.07) is 6.90. The summed E-state index contributed by atoms with van der Waals surface area (Å²) >= 11 is 2.08. The molecule has 0 aliphatic rings. The van der Waals surface area contributed by atoms with Gasteiger partial charge in [0.2, 0.25) is 5.78 Å². The molecule has 0 bridgehead atoms. The maximum Gasteiger partial charge on any atom is 0.208 e. The number of allylic oxidation sites excluding steroid dienone is 1. The van der Waals surface area contributed by atoms with Crippen LogP contribution in [0.15, 0.2) is 30.0 Å². The van der Waals surface area contributed by atoms with E-state index in [0.717, 1.165) is 3.57 Å². The Labute approximate surface area is 113 Å². The van der Waals surface area contributed by atoms with Crippen molar-refractivity contribution in [3.63, 3.8) is 0 Å². The van der Waals surface area contributed by atoms with Gasteiger partial charge in [0, 0.05) is 14.8 Å². The first-order valence-corrected chi connectivity index (χ1v) is 5.99. The summed E-state index contributed by atoms with van der Waals surface area (Å²) in [6.07, 6.45) is 1.17.